The van der Waals surface area contributed by atoms with Gasteiger partial charge < -0.3 is 4.74 Å². The van der Waals surface area contributed by atoms with Crippen molar-refractivity contribution in [3.8, 4) is 5.75 Å². The number of ketones is 1. The van der Waals surface area contributed by atoms with Gasteiger partial charge >= 0.3 is 0 Å². The van der Waals surface area contributed by atoms with Crippen LogP contribution in [0.1, 0.15) is 21.6 Å². The van der Waals surface area contributed by atoms with Crippen LogP contribution in [0, 0.1) is 0 Å². The van der Waals surface area contributed by atoms with Gasteiger partial charge in [0.2, 0.25) is 10.0 Å². The molecular weight excluding hydrogens is 400 g/mol. The van der Waals surface area contributed by atoms with Crippen LogP contribution in [0.15, 0.2) is 83.9 Å². The molecule has 0 spiro atoms. The van der Waals surface area contributed by atoms with Gasteiger partial charge in [0, 0.05) is 31.4 Å². The molecule has 7 heteroatoms. The second kappa shape index (κ2) is 9.47. The summed E-state index contributed by atoms with van der Waals surface area (Å²) in [5.41, 5.74) is 1.96. The van der Waals surface area contributed by atoms with Gasteiger partial charge in [0.05, 0.1) is 10.6 Å². The molecule has 0 radical (unpaired) electrons. The summed E-state index contributed by atoms with van der Waals surface area (Å²) in [5.74, 6) is 0.406. The number of pyridine rings is 1. The lowest BCUT2D eigenvalue weighted by molar-refractivity contribution is 0.104. The Morgan fingerprint density at radius 3 is 2.37 bits per heavy atom. The molecule has 3 aromatic rings. The van der Waals surface area contributed by atoms with Gasteiger partial charge in [0.1, 0.15) is 12.4 Å². The number of benzene rings is 2. The standard InChI is InChI=1S/C23H22N2O4S/c1-25(2)30(27,28)21-13-10-18(11-14-21)22(26)15-12-19-7-3-4-9-23(19)29-17-20-8-5-6-16-24-20/h3-16H,17H2,1-2H3/b15-12+. The molecule has 0 fully saturated rings. The molecule has 154 valence electrons. The third-order valence-corrected chi connectivity index (χ3v) is 6.18. The monoisotopic (exact) mass is 422 g/mol. The van der Waals surface area contributed by atoms with E-state index in [0.29, 0.717) is 17.9 Å². The van der Waals surface area contributed by atoms with Crippen LogP contribution < -0.4 is 4.74 Å². The Labute approximate surface area is 176 Å². The summed E-state index contributed by atoms with van der Waals surface area (Å²) in [6, 6.07) is 18.9. The number of carbonyl (C=O) groups is 1. The van der Waals surface area contributed by atoms with Crippen molar-refractivity contribution in [1.29, 1.82) is 0 Å². The number of carbonyl (C=O) groups excluding carboxylic acids is 1. The quantitative estimate of drug-likeness (QED) is 0.408. The molecule has 0 bridgehead atoms. The number of ether oxygens (including phenoxy) is 1. The van der Waals surface area contributed by atoms with E-state index in [0.717, 1.165) is 15.6 Å². The second-order valence-corrected chi connectivity index (χ2v) is 8.81. The SMILES string of the molecule is CN(C)S(=O)(=O)c1ccc(C(=O)/C=C/c2ccccc2OCc2ccccn2)cc1. The van der Waals surface area contributed by atoms with E-state index >= 15 is 0 Å². The van der Waals surface area contributed by atoms with E-state index in [1.54, 1.807) is 12.3 Å². The van der Waals surface area contributed by atoms with Gasteiger partial charge in [-0.15, -0.1) is 0 Å². The lowest BCUT2D eigenvalue weighted by atomic mass is 10.1. The van der Waals surface area contributed by atoms with Crippen LogP contribution in [0.2, 0.25) is 0 Å². The van der Waals surface area contributed by atoms with Crippen molar-refractivity contribution in [2.45, 2.75) is 11.5 Å². The normalized spacial score (nSPS) is 11.7. The summed E-state index contributed by atoms with van der Waals surface area (Å²) < 4.78 is 31.2. The van der Waals surface area contributed by atoms with E-state index in [4.69, 9.17) is 4.74 Å². The average molecular weight is 423 g/mol. The molecule has 0 aliphatic heterocycles. The zero-order valence-electron chi connectivity index (χ0n) is 16.7. The first-order valence-electron chi connectivity index (χ1n) is 9.24. The molecule has 3 rings (SSSR count). The Hall–Kier alpha value is -3.29. The lowest BCUT2D eigenvalue weighted by Gasteiger charge is -2.11. The highest BCUT2D eigenvalue weighted by atomic mass is 32.2. The molecule has 0 saturated carbocycles. The first-order chi connectivity index (χ1) is 14.4. The second-order valence-electron chi connectivity index (χ2n) is 6.66. The maximum Gasteiger partial charge on any atom is 0.242 e. The molecule has 0 atom stereocenters. The molecule has 0 saturated heterocycles. The van der Waals surface area contributed by atoms with Crippen LogP contribution in [-0.4, -0.2) is 37.6 Å². The van der Waals surface area contributed by atoms with Gasteiger partial charge in [-0.1, -0.05) is 24.3 Å². The summed E-state index contributed by atoms with van der Waals surface area (Å²) in [6.07, 6.45) is 4.83. The smallest absolute Gasteiger partial charge is 0.242 e. The van der Waals surface area contributed by atoms with Crippen LogP contribution in [0.3, 0.4) is 0 Å². The molecule has 0 amide bonds. The highest BCUT2D eigenvalue weighted by Crippen LogP contribution is 2.21. The van der Waals surface area contributed by atoms with Crippen molar-refractivity contribution >= 4 is 21.9 Å². The minimum Gasteiger partial charge on any atom is -0.487 e. The fourth-order valence-corrected chi connectivity index (χ4v) is 3.55. The molecule has 1 aromatic heterocycles. The first-order valence-corrected chi connectivity index (χ1v) is 10.7. The number of nitrogens with zero attached hydrogens (tertiary/aromatic N) is 2. The van der Waals surface area contributed by atoms with Crippen LogP contribution in [0.5, 0.6) is 5.75 Å². The van der Waals surface area contributed by atoms with E-state index in [1.165, 1.54) is 44.4 Å². The van der Waals surface area contributed by atoms with Crippen molar-refractivity contribution in [2.24, 2.45) is 0 Å². The number of sulfonamides is 1. The number of allylic oxidation sites excluding steroid dienone is 1. The zero-order chi connectivity index (χ0) is 21.6. The van der Waals surface area contributed by atoms with Crippen molar-refractivity contribution in [1.82, 2.24) is 9.29 Å². The van der Waals surface area contributed by atoms with Gasteiger partial charge in [0.25, 0.3) is 0 Å². The number of para-hydroxylation sites is 1. The van der Waals surface area contributed by atoms with Crippen molar-refractivity contribution < 1.29 is 17.9 Å². The van der Waals surface area contributed by atoms with Crippen LogP contribution in [-0.2, 0) is 16.6 Å². The van der Waals surface area contributed by atoms with Crippen molar-refractivity contribution in [3.63, 3.8) is 0 Å². The topological polar surface area (TPSA) is 76.6 Å². The highest BCUT2D eigenvalue weighted by Gasteiger charge is 2.17. The fraction of sp³-hybridized carbons (Fsp3) is 0.130. The average Bonchev–Trinajstić information content (AvgIpc) is 2.77. The zero-order valence-corrected chi connectivity index (χ0v) is 17.5. The van der Waals surface area contributed by atoms with E-state index in [2.05, 4.69) is 4.98 Å². The van der Waals surface area contributed by atoms with E-state index in [1.807, 2.05) is 42.5 Å². The maximum atomic E-state index is 12.5. The summed E-state index contributed by atoms with van der Waals surface area (Å²) in [7, 11) is -0.602. The van der Waals surface area contributed by atoms with E-state index in [9.17, 15) is 13.2 Å². The number of rotatable bonds is 8. The van der Waals surface area contributed by atoms with Gasteiger partial charge in [0.15, 0.2) is 5.78 Å². The Morgan fingerprint density at radius 1 is 1.00 bits per heavy atom. The van der Waals surface area contributed by atoms with E-state index in [-0.39, 0.29) is 10.7 Å². The third-order valence-electron chi connectivity index (χ3n) is 4.35. The predicted molar refractivity (Wildman–Crippen MR) is 116 cm³/mol. The van der Waals surface area contributed by atoms with Crippen molar-refractivity contribution in [2.75, 3.05) is 14.1 Å². The lowest BCUT2D eigenvalue weighted by Crippen LogP contribution is -2.22. The molecule has 2 aromatic carbocycles. The first kappa shape index (κ1) is 21.4. The minimum absolute atomic E-state index is 0.140. The summed E-state index contributed by atoms with van der Waals surface area (Å²) >= 11 is 0. The largest absolute Gasteiger partial charge is 0.487 e. The molecular formula is C23H22N2O4S. The fourth-order valence-electron chi connectivity index (χ4n) is 2.65. The van der Waals surface area contributed by atoms with Crippen LogP contribution >= 0.6 is 0 Å². The molecule has 1 heterocycles. The summed E-state index contributed by atoms with van der Waals surface area (Å²) in [4.78, 5) is 16.9. The molecule has 0 aliphatic rings. The van der Waals surface area contributed by atoms with Crippen LogP contribution in [0.25, 0.3) is 6.08 Å². The number of hydrogen-bond acceptors (Lipinski definition) is 5. The molecule has 6 nitrogen and oxygen atoms in total. The molecule has 0 unspecified atom stereocenters. The van der Waals surface area contributed by atoms with Gasteiger partial charge in [-0.05, 0) is 54.6 Å². The third kappa shape index (κ3) is 5.20. The Bertz CT molecular complexity index is 1140. The summed E-state index contributed by atoms with van der Waals surface area (Å²) in [6.45, 7) is 0.321. The highest BCUT2D eigenvalue weighted by molar-refractivity contribution is 7.89. The van der Waals surface area contributed by atoms with Crippen LogP contribution in [0.4, 0.5) is 0 Å². The molecule has 30 heavy (non-hydrogen) atoms. The predicted octanol–water partition coefficient (Wildman–Crippen LogP) is 3.81. The summed E-state index contributed by atoms with van der Waals surface area (Å²) in [5, 5.41) is 0. The Balaban J connectivity index is 1.72. The van der Waals surface area contributed by atoms with Gasteiger partial charge in [-0.25, -0.2) is 12.7 Å². The van der Waals surface area contributed by atoms with E-state index < -0.39 is 10.0 Å². The number of aromatic nitrogens is 1. The van der Waals surface area contributed by atoms with Gasteiger partial charge in [-0.2, -0.15) is 0 Å². The van der Waals surface area contributed by atoms with Gasteiger partial charge in [-0.3, -0.25) is 9.78 Å². The molecule has 0 aliphatic carbocycles. The van der Waals surface area contributed by atoms with Crippen molar-refractivity contribution in [3.05, 3.63) is 95.8 Å². The molecule has 0 N–H and O–H groups in total. The maximum absolute atomic E-state index is 12.5. The Kier molecular flexibility index (Phi) is 6.76. The number of hydrogen-bond donors (Lipinski definition) is 0. The minimum atomic E-state index is -3.53. The Morgan fingerprint density at radius 2 is 1.70 bits per heavy atom.